The Labute approximate surface area is 129 Å². The molecule has 0 bridgehead atoms. The average molecular weight is 305 g/mol. The fourth-order valence-corrected chi connectivity index (χ4v) is 4.16. The van der Waals surface area contributed by atoms with Crippen LogP contribution in [0.4, 0.5) is 0 Å². The zero-order valence-corrected chi connectivity index (χ0v) is 13.6. The van der Waals surface area contributed by atoms with E-state index in [1.54, 1.807) is 10.9 Å². The molecule has 0 saturated heterocycles. The van der Waals surface area contributed by atoms with Gasteiger partial charge in [-0.2, -0.15) is 0 Å². The van der Waals surface area contributed by atoms with Crippen LogP contribution >= 0.6 is 11.3 Å². The standard InChI is InChI=1S/C16H23N3OS/c1-11-5-3-4-6-13(11)17-7-8-19-10-18-14-12(2)9-21-15(14)16(19)20/h9-11,13,17H,3-8H2,1-2H3. The smallest absolute Gasteiger partial charge is 0.271 e. The highest BCUT2D eigenvalue weighted by atomic mass is 32.1. The van der Waals surface area contributed by atoms with Gasteiger partial charge in [0, 0.05) is 19.1 Å². The number of thiophene rings is 1. The molecule has 3 rings (SSSR count). The molecule has 2 aromatic rings. The van der Waals surface area contributed by atoms with Crippen molar-refractivity contribution in [2.45, 2.75) is 52.1 Å². The van der Waals surface area contributed by atoms with Gasteiger partial charge in [0.05, 0.1) is 11.8 Å². The molecule has 21 heavy (non-hydrogen) atoms. The molecular formula is C16H23N3OS. The molecule has 2 heterocycles. The van der Waals surface area contributed by atoms with Gasteiger partial charge < -0.3 is 5.32 Å². The number of nitrogens with zero attached hydrogens (tertiary/aromatic N) is 2. The van der Waals surface area contributed by atoms with Gasteiger partial charge in [-0.3, -0.25) is 9.36 Å². The highest BCUT2D eigenvalue weighted by Gasteiger charge is 2.20. The minimum absolute atomic E-state index is 0.0941. The fourth-order valence-electron chi connectivity index (χ4n) is 3.21. The lowest BCUT2D eigenvalue weighted by molar-refractivity contribution is 0.278. The van der Waals surface area contributed by atoms with Gasteiger partial charge in [0.15, 0.2) is 0 Å². The quantitative estimate of drug-likeness (QED) is 0.944. The summed E-state index contributed by atoms with van der Waals surface area (Å²) in [7, 11) is 0. The lowest BCUT2D eigenvalue weighted by atomic mass is 9.86. The molecular weight excluding hydrogens is 282 g/mol. The molecule has 1 aliphatic rings. The largest absolute Gasteiger partial charge is 0.312 e. The van der Waals surface area contributed by atoms with E-state index in [1.165, 1.54) is 37.0 Å². The van der Waals surface area contributed by atoms with E-state index < -0.39 is 0 Å². The summed E-state index contributed by atoms with van der Waals surface area (Å²) in [5.74, 6) is 0.746. The summed E-state index contributed by atoms with van der Waals surface area (Å²) in [5, 5.41) is 5.62. The van der Waals surface area contributed by atoms with Gasteiger partial charge in [0.25, 0.3) is 5.56 Å². The summed E-state index contributed by atoms with van der Waals surface area (Å²) in [6.07, 6.45) is 6.95. The summed E-state index contributed by atoms with van der Waals surface area (Å²) in [6.45, 7) is 5.86. The van der Waals surface area contributed by atoms with Crippen molar-refractivity contribution in [1.29, 1.82) is 0 Å². The summed E-state index contributed by atoms with van der Waals surface area (Å²) in [5.41, 5.74) is 2.04. The van der Waals surface area contributed by atoms with Gasteiger partial charge in [-0.05, 0) is 36.6 Å². The predicted octanol–water partition coefficient (Wildman–Crippen LogP) is 2.93. The van der Waals surface area contributed by atoms with Gasteiger partial charge in [-0.25, -0.2) is 4.98 Å². The van der Waals surface area contributed by atoms with Gasteiger partial charge in [-0.1, -0.05) is 19.8 Å². The first-order chi connectivity index (χ1) is 10.2. The summed E-state index contributed by atoms with van der Waals surface area (Å²) in [4.78, 5) is 16.8. The Hall–Kier alpha value is -1.20. The van der Waals surface area contributed by atoms with E-state index in [4.69, 9.17) is 0 Å². The SMILES string of the molecule is Cc1csc2c(=O)n(CCNC3CCCCC3C)cnc12. The highest BCUT2D eigenvalue weighted by molar-refractivity contribution is 7.17. The third kappa shape index (κ3) is 3.04. The maximum absolute atomic E-state index is 12.4. The van der Waals surface area contributed by atoms with Crippen LogP contribution in [0.3, 0.4) is 0 Å². The fraction of sp³-hybridized carbons (Fsp3) is 0.625. The van der Waals surface area contributed by atoms with Crippen LogP contribution in [-0.4, -0.2) is 22.1 Å². The highest BCUT2D eigenvalue weighted by Crippen LogP contribution is 2.23. The number of aromatic nitrogens is 2. The van der Waals surface area contributed by atoms with E-state index in [-0.39, 0.29) is 5.56 Å². The van der Waals surface area contributed by atoms with E-state index in [2.05, 4.69) is 17.2 Å². The molecule has 0 amide bonds. The monoisotopic (exact) mass is 305 g/mol. The van der Waals surface area contributed by atoms with Gasteiger partial charge in [0.2, 0.25) is 0 Å². The number of hydrogen-bond acceptors (Lipinski definition) is 4. The number of aryl methyl sites for hydroxylation is 1. The van der Waals surface area contributed by atoms with Crippen LogP contribution in [0.15, 0.2) is 16.5 Å². The molecule has 114 valence electrons. The number of nitrogens with one attached hydrogen (secondary N) is 1. The molecule has 0 radical (unpaired) electrons. The lowest BCUT2D eigenvalue weighted by Gasteiger charge is -2.29. The first kappa shape index (κ1) is 14.7. The topological polar surface area (TPSA) is 46.9 Å². The molecule has 1 fully saturated rings. The van der Waals surface area contributed by atoms with Crippen LogP contribution in [0.25, 0.3) is 10.2 Å². The normalized spacial score (nSPS) is 22.8. The van der Waals surface area contributed by atoms with Crippen LogP contribution < -0.4 is 10.9 Å². The number of hydrogen-bond donors (Lipinski definition) is 1. The Morgan fingerprint density at radius 2 is 2.24 bits per heavy atom. The van der Waals surface area contributed by atoms with Crippen LogP contribution in [0.2, 0.25) is 0 Å². The molecule has 0 aromatic carbocycles. The Bertz CT molecular complexity index is 676. The Kier molecular flexibility index (Phi) is 4.40. The minimum atomic E-state index is 0.0941. The first-order valence-electron chi connectivity index (χ1n) is 7.83. The van der Waals surface area contributed by atoms with E-state index in [0.717, 1.165) is 28.2 Å². The number of fused-ring (bicyclic) bond motifs is 1. The van der Waals surface area contributed by atoms with Gasteiger partial charge in [0.1, 0.15) is 4.70 Å². The zero-order valence-electron chi connectivity index (χ0n) is 12.8. The Morgan fingerprint density at radius 1 is 1.43 bits per heavy atom. The van der Waals surface area contributed by atoms with Gasteiger partial charge in [-0.15, -0.1) is 11.3 Å². The Morgan fingerprint density at radius 3 is 3.05 bits per heavy atom. The summed E-state index contributed by atoms with van der Waals surface area (Å²) < 4.78 is 2.51. The van der Waals surface area contributed by atoms with Crippen molar-refractivity contribution >= 4 is 21.6 Å². The van der Waals surface area contributed by atoms with Crippen molar-refractivity contribution < 1.29 is 0 Å². The Balaban J connectivity index is 1.65. The van der Waals surface area contributed by atoms with Crippen molar-refractivity contribution in [1.82, 2.24) is 14.9 Å². The molecule has 0 aliphatic heterocycles. The molecule has 1 aliphatic carbocycles. The van der Waals surface area contributed by atoms with Crippen molar-refractivity contribution in [2.75, 3.05) is 6.54 Å². The second kappa shape index (κ2) is 6.28. The molecule has 0 spiro atoms. The third-order valence-corrected chi connectivity index (χ3v) is 5.67. The molecule has 4 nitrogen and oxygen atoms in total. The molecule has 2 unspecified atom stereocenters. The van der Waals surface area contributed by atoms with E-state index >= 15 is 0 Å². The van der Waals surface area contributed by atoms with Crippen molar-refractivity contribution in [3.8, 4) is 0 Å². The molecule has 2 aromatic heterocycles. The van der Waals surface area contributed by atoms with Crippen LogP contribution in [0.5, 0.6) is 0 Å². The maximum atomic E-state index is 12.4. The van der Waals surface area contributed by atoms with Crippen LogP contribution in [0.1, 0.15) is 38.2 Å². The van der Waals surface area contributed by atoms with E-state index in [1.807, 2.05) is 12.3 Å². The average Bonchev–Trinajstić information content (AvgIpc) is 2.86. The lowest BCUT2D eigenvalue weighted by Crippen LogP contribution is -2.39. The molecule has 1 saturated carbocycles. The third-order valence-electron chi connectivity index (χ3n) is 4.59. The predicted molar refractivity (Wildman–Crippen MR) is 88.0 cm³/mol. The van der Waals surface area contributed by atoms with E-state index in [9.17, 15) is 4.79 Å². The van der Waals surface area contributed by atoms with E-state index in [0.29, 0.717) is 12.6 Å². The second-order valence-corrected chi connectivity index (χ2v) is 7.04. The van der Waals surface area contributed by atoms with Crippen molar-refractivity contribution in [3.05, 3.63) is 27.6 Å². The molecule has 5 heteroatoms. The van der Waals surface area contributed by atoms with Crippen LogP contribution in [0, 0.1) is 12.8 Å². The van der Waals surface area contributed by atoms with Crippen LogP contribution in [-0.2, 0) is 6.54 Å². The second-order valence-electron chi connectivity index (χ2n) is 6.16. The zero-order chi connectivity index (χ0) is 14.8. The summed E-state index contributed by atoms with van der Waals surface area (Å²) >= 11 is 1.50. The maximum Gasteiger partial charge on any atom is 0.271 e. The van der Waals surface area contributed by atoms with Gasteiger partial charge >= 0.3 is 0 Å². The molecule has 1 N–H and O–H groups in total. The minimum Gasteiger partial charge on any atom is -0.312 e. The first-order valence-corrected chi connectivity index (χ1v) is 8.71. The van der Waals surface area contributed by atoms with Crippen molar-refractivity contribution in [3.63, 3.8) is 0 Å². The van der Waals surface area contributed by atoms with Crippen molar-refractivity contribution in [2.24, 2.45) is 5.92 Å². The molecule has 2 atom stereocenters. The summed E-state index contributed by atoms with van der Waals surface area (Å²) in [6, 6.07) is 0.607. The number of rotatable bonds is 4.